The molecule has 16 heavy (non-hydrogen) atoms. The third-order valence-electron chi connectivity index (χ3n) is 3.03. The largest absolute Gasteiger partial charge is 0.0928 e. The summed E-state index contributed by atoms with van der Waals surface area (Å²) in [5.41, 5.74) is 2.94. The third-order valence-corrected chi connectivity index (χ3v) is 3.59. The van der Waals surface area contributed by atoms with E-state index in [0.29, 0.717) is 0 Å². The van der Waals surface area contributed by atoms with Crippen LogP contribution in [0.1, 0.15) is 50.2 Å². The average molecular weight is 283 g/mol. The smallest absolute Gasteiger partial charge is 0.00313 e. The van der Waals surface area contributed by atoms with Crippen LogP contribution in [0.2, 0.25) is 0 Å². The second kappa shape index (κ2) is 8.81. The van der Waals surface area contributed by atoms with E-state index in [1.165, 1.54) is 49.7 Å². The Morgan fingerprint density at radius 2 is 1.38 bits per heavy atom. The van der Waals surface area contributed by atoms with Crippen molar-refractivity contribution in [1.29, 1.82) is 0 Å². The molecule has 0 amide bonds. The SMILES string of the molecule is CCc1ccc(CCCCCCCBr)cc1. The summed E-state index contributed by atoms with van der Waals surface area (Å²) < 4.78 is 0. The zero-order valence-corrected chi connectivity index (χ0v) is 11.9. The molecule has 0 aliphatic carbocycles. The molecule has 0 unspecified atom stereocenters. The molecule has 0 spiro atoms. The van der Waals surface area contributed by atoms with Crippen molar-refractivity contribution < 1.29 is 0 Å². The lowest BCUT2D eigenvalue weighted by atomic mass is 10.0. The van der Waals surface area contributed by atoms with Crippen molar-refractivity contribution in [2.75, 3.05) is 5.33 Å². The van der Waals surface area contributed by atoms with Crippen LogP contribution in [0.25, 0.3) is 0 Å². The monoisotopic (exact) mass is 282 g/mol. The van der Waals surface area contributed by atoms with Gasteiger partial charge in [0.15, 0.2) is 0 Å². The van der Waals surface area contributed by atoms with Crippen LogP contribution in [-0.2, 0) is 12.8 Å². The van der Waals surface area contributed by atoms with Crippen LogP contribution >= 0.6 is 15.9 Å². The first-order valence-corrected chi connectivity index (χ1v) is 7.62. The minimum absolute atomic E-state index is 1.15. The van der Waals surface area contributed by atoms with Crippen molar-refractivity contribution in [1.82, 2.24) is 0 Å². The molecule has 0 aromatic heterocycles. The number of hydrogen-bond donors (Lipinski definition) is 0. The van der Waals surface area contributed by atoms with Gasteiger partial charge in [-0.3, -0.25) is 0 Å². The summed E-state index contributed by atoms with van der Waals surface area (Å²) in [7, 11) is 0. The van der Waals surface area contributed by atoms with E-state index in [9.17, 15) is 0 Å². The number of hydrogen-bond acceptors (Lipinski definition) is 0. The molecule has 1 rings (SSSR count). The van der Waals surface area contributed by atoms with Gasteiger partial charge in [-0.1, -0.05) is 66.4 Å². The second-order valence-electron chi connectivity index (χ2n) is 4.38. The van der Waals surface area contributed by atoms with Gasteiger partial charge in [-0.15, -0.1) is 0 Å². The van der Waals surface area contributed by atoms with Crippen molar-refractivity contribution in [3.8, 4) is 0 Å². The van der Waals surface area contributed by atoms with E-state index >= 15 is 0 Å². The number of aryl methyl sites for hydroxylation is 2. The molecule has 0 fully saturated rings. The highest BCUT2D eigenvalue weighted by Crippen LogP contribution is 2.11. The topological polar surface area (TPSA) is 0 Å². The molecule has 0 aliphatic rings. The lowest BCUT2D eigenvalue weighted by molar-refractivity contribution is 0.635. The standard InChI is InChI=1S/C15H23Br/c1-2-14-9-11-15(12-10-14)8-6-4-3-5-7-13-16/h9-12H,2-8,13H2,1H3. The number of rotatable bonds is 8. The summed E-state index contributed by atoms with van der Waals surface area (Å²) >= 11 is 3.47. The van der Waals surface area contributed by atoms with E-state index in [1.54, 1.807) is 0 Å². The molecule has 0 heterocycles. The van der Waals surface area contributed by atoms with E-state index in [4.69, 9.17) is 0 Å². The first-order chi connectivity index (χ1) is 7.86. The van der Waals surface area contributed by atoms with E-state index in [0.717, 1.165) is 11.8 Å². The zero-order chi connectivity index (χ0) is 11.6. The van der Waals surface area contributed by atoms with Crippen molar-refractivity contribution in [3.63, 3.8) is 0 Å². The molecule has 0 saturated carbocycles. The maximum absolute atomic E-state index is 3.47. The van der Waals surface area contributed by atoms with E-state index < -0.39 is 0 Å². The summed E-state index contributed by atoms with van der Waals surface area (Å²) in [6.07, 6.45) is 9.20. The van der Waals surface area contributed by atoms with Gasteiger partial charge < -0.3 is 0 Å². The van der Waals surface area contributed by atoms with Gasteiger partial charge in [0.25, 0.3) is 0 Å². The highest BCUT2D eigenvalue weighted by atomic mass is 79.9. The van der Waals surface area contributed by atoms with Gasteiger partial charge in [0.2, 0.25) is 0 Å². The maximum atomic E-state index is 3.47. The molecule has 0 radical (unpaired) electrons. The Balaban J connectivity index is 2.12. The Morgan fingerprint density at radius 1 is 0.812 bits per heavy atom. The Labute approximate surface area is 109 Å². The fraction of sp³-hybridized carbons (Fsp3) is 0.600. The van der Waals surface area contributed by atoms with Crippen LogP contribution in [0.15, 0.2) is 24.3 Å². The van der Waals surface area contributed by atoms with Gasteiger partial charge in [0.05, 0.1) is 0 Å². The second-order valence-corrected chi connectivity index (χ2v) is 5.17. The molecule has 90 valence electrons. The van der Waals surface area contributed by atoms with Crippen LogP contribution < -0.4 is 0 Å². The highest BCUT2D eigenvalue weighted by molar-refractivity contribution is 9.09. The maximum Gasteiger partial charge on any atom is 0.00313 e. The van der Waals surface area contributed by atoms with Crippen LogP contribution in [0, 0.1) is 0 Å². The molecule has 1 aromatic rings. The predicted octanol–water partition coefficient (Wildman–Crippen LogP) is 5.14. The number of halogens is 1. The van der Waals surface area contributed by atoms with Crippen molar-refractivity contribution in [2.45, 2.75) is 51.9 Å². The molecule has 1 aromatic carbocycles. The lowest BCUT2D eigenvalue weighted by Gasteiger charge is -2.03. The molecule has 0 aliphatic heterocycles. The van der Waals surface area contributed by atoms with Crippen LogP contribution in [0.5, 0.6) is 0 Å². The summed E-state index contributed by atoms with van der Waals surface area (Å²) in [4.78, 5) is 0. The predicted molar refractivity (Wildman–Crippen MR) is 76.4 cm³/mol. The molecule has 0 bridgehead atoms. The van der Waals surface area contributed by atoms with Crippen LogP contribution in [0.4, 0.5) is 0 Å². The Bertz CT molecular complexity index is 263. The number of benzene rings is 1. The van der Waals surface area contributed by atoms with Gasteiger partial charge in [-0.25, -0.2) is 0 Å². The number of unbranched alkanes of at least 4 members (excludes halogenated alkanes) is 4. The molecule has 0 saturated heterocycles. The zero-order valence-electron chi connectivity index (χ0n) is 10.3. The molecular weight excluding hydrogens is 260 g/mol. The van der Waals surface area contributed by atoms with E-state index in [2.05, 4.69) is 47.1 Å². The molecule has 0 nitrogen and oxygen atoms in total. The Morgan fingerprint density at radius 3 is 2.00 bits per heavy atom. The van der Waals surface area contributed by atoms with Crippen LogP contribution in [-0.4, -0.2) is 5.33 Å². The molecule has 1 heteroatoms. The third kappa shape index (κ3) is 5.69. The lowest BCUT2D eigenvalue weighted by Crippen LogP contribution is -1.87. The quantitative estimate of drug-likeness (QED) is 0.458. The summed E-state index contributed by atoms with van der Waals surface area (Å²) in [5, 5.41) is 1.16. The Kier molecular flexibility index (Phi) is 7.58. The Hall–Kier alpha value is -0.300. The summed E-state index contributed by atoms with van der Waals surface area (Å²) in [6, 6.07) is 9.11. The molecular formula is C15H23Br. The van der Waals surface area contributed by atoms with Gasteiger partial charge in [-0.2, -0.15) is 0 Å². The number of alkyl halides is 1. The van der Waals surface area contributed by atoms with Crippen LogP contribution in [0.3, 0.4) is 0 Å². The summed E-state index contributed by atoms with van der Waals surface area (Å²) in [5.74, 6) is 0. The van der Waals surface area contributed by atoms with E-state index in [-0.39, 0.29) is 0 Å². The van der Waals surface area contributed by atoms with Gasteiger partial charge >= 0.3 is 0 Å². The highest BCUT2D eigenvalue weighted by Gasteiger charge is 1.94. The van der Waals surface area contributed by atoms with Crippen molar-refractivity contribution >= 4 is 15.9 Å². The first-order valence-electron chi connectivity index (χ1n) is 6.50. The normalized spacial score (nSPS) is 10.6. The summed E-state index contributed by atoms with van der Waals surface area (Å²) in [6.45, 7) is 2.21. The fourth-order valence-electron chi connectivity index (χ4n) is 1.90. The van der Waals surface area contributed by atoms with E-state index in [1.807, 2.05) is 0 Å². The molecule has 0 atom stereocenters. The van der Waals surface area contributed by atoms with Crippen molar-refractivity contribution in [3.05, 3.63) is 35.4 Å². The minimum atomic E-state index is 1.15. The first kappa shape index (κ1) is 13.8. The van der Waals surface area contributed by atoms with Crippen molar-refractivity contribution in [2.24, 2.45) is 0 Å². The minimum Gasteiger partial charge on any atom is -0.0928 e. The fourth-order valence-corrected chi connectivity index (χ4v) is 2.29. The van der Waals surface area contributed by atoms with Gasteiger partial charge in [0.1, 0.15) is 0 Å². The van der Waals surface area contributed by atoms with Gasteiger partial charge in [-0.05, 0) is 36.8 Å². The molecule has 0 N–H and O–H groups in total. The average Bonchev–Trinajstić information content (AvgIpc) is 2.34. The van der Waals surface area contributed by atoms with Gasteiger partial charge in [0, 0.05) is 5.33 Å².